The maximum Gasteiger partial charge on any atom is 0.164 e. The molecule has 10 rings (SSSR count). The van der Waals surface area contributed by atoms with E-state index in [-0.39, 0.29) is 0 Å². The van der Waals surface area contributed by atoms with Gasteiger partial charge < -0.3 is 4.42 Å². The van der Waals surface area contributed by atoms with Gasteiger partial charge in [0.2, 0.25) is 0 Å². The van der Waals surface area contributed by atoms with Gasteiger partial charge in [0.05, 0.1) is 0 Å². The van der Waals surface area contributed by atoms with Crippen LogP contribution in [-0.2, 0) is 0 Å². The molecule has 4 nitrogen and oxygen atoms in total. The molecular weight excluding hydrogens is 623 g/mol. The second-order valence-electron chi connectivity index (χ2n) is 12.8. The normalized spacial score (nSPS) is 11.5. The predicted molar refractivity (Wildman–Crippen MR) is 209 cm³/mol. The molecule has 2 aromatic heterocycles. The number of rotatable bonds is 5. The average molecular weight is 652 g/mol. The highest BCUT2D eigenvalue weighted by molar-refractivity contribution is 6.15. The fraction of sp³-hybridized carbons (Fsp3) is 0. The SMILES string of the molecule is c1ccc(-c2ccc(-c3nc(-c4ccc(-c5cccc6ccccc56)cc4)nc(-c4ccc5ccccc5c4)n3)c3c2oc2ccccc23)cc1. The minimum Gasteiger partial charge on any atom is -0.455 e. The van der Waals surface area contributed by atoms with Gasteiger partial charge in [-0.25, -0.2) is 15.0 Å². The highest BCUT2D eigenvalue weighted by Gasteiger charge is 2.21. The van der Waals surface area contributed by atoms with Gasteiger partial charge in [-0.3, -0.25) is 0 Å². The summed E-state index contributed by atoms with van der Waals surface area (Å²) in [5.74, 6) is 1.82. The number of fused-ring (bicyclic) bond motifs is 5. The van der Waals surface area contributed by atoms with Gasteiger partial charge >= 0.3 is 0 Å². The number of hydrogen-bond acceptors (Lipinski definition) is 4. The maximum atomic E-state index is 6.59. The van der Waals surface area contributed by atoms with Crippen LogP contribution in [0.5, 0.6) is 0 Å². The topological polar surface area (TPSA) is 51.8 Å². The molecule has 0 amide bonds. The zero-order valence-electron chi connectivity index (χ0n) is 27.5. The molecule has 2 heterocycles. The zero-order valence-corrected chi connectivity index (χ0v) is 27.5. The van der Waals surface area contributed by atoms with E-state index in [2.05, 4.69) is 152 Å². The van der Waals surface area contributed by atoms with Crippen molar-refractivity contribution in [3.63, 3.8) is 0 Å². The smallest absolute Gasteiger partial charge is 0.164 e. The molecule has 0 spiro atoms. The fourth-order valence-electron chi connectivity index (χ4n) is 7.22. The van der Waals surface area contributed by atoms with Crippen molar-refractivity contribution in [2.45, 2.75) is 0 Å². The Kier molecular flexibility index (Phi) is 6.78. The van der Waals surface area contributed by atoms with Crippen LogP contribution in [-0.4, -0.2) is 15.0 Å². The molecule has 0 unspecified atom stereocenters. The zero-order chi connectivity index (χ0) is 33.7. The van der Waals surface area contributed by atoms with Crippen LogP contribution >= 0.6 is 0 Å². The third-order valence-electron chi connectivity index (χ3n) is 9.74. The number of hydrogen-bond donors (Lipinski definition) is 0. The first-order valence-corrected chi connectivity index (χ1v) is 17.1. The van der Waals surface area contributed by atoms with Gasteiger partial charge in [-0.05, 0) is 62.5 Å². The van der Waals surface area contributed by atoms with E-state index >= 15 is 0 Å². The highest BCUT2D eigenvalue weighted by atomic mass is 16.3. The van der Waals surface area contributed by atoms with Crippen molar-refractivity contribution in [1.29, 1.82) is 0 Å². The minimum atomic E-state index is 0.595. The molecule has 0 N–H and O–H groups in total. The highest BCUT2D eigenvalue weighted by Crippen LogP contribution is 2.41. The van der Waals surface area contributed by atoms with E-state index in [9.17, 15) is 0 Å². The van der Waals surface area contributed by atoms with Gasteiger partial charge in [-0.2, -0.15) is 0 Å². The lowest BCUT2D eigenvalue weighted by molar-refractivity contribution is 0.670. The summed E-state index contributed by atoms with van der Waals surface area (Å²) in [6.07, 6.45) is 0. The molecule has 0 saturated heterocycles. The van der Waals surface area contributed by atoms with Crippen LogP contribution in [0.4, 0.5) is 0 Å². The summed E-state index contributed by atoms with van der Waals surface area (Å²) in [5, 5.41) is 6.76. The lowest BCUT2D eigenvalue weighted by Crippen LogP contribution is -2.00. The first-order chi connectivity index (χ1) is 25.3. The standard InChI is InChI=1S/C47H29N3O/c1-2-12-32(13-3-1)39-27-28-41(43-40-18-8-9-20-42(40)51-44(39)43)47-49-45(48-46(50-47)36-26-21-30-11-4-5-15-35(30)29-36)34-24-22-33(23-25-34)38-19-10-16-31-14-6-7-17-37(31)38/h1-29H. The Hall–Kier alpha value is -6.91. The van der Waals surface area contributed by atoms with E-state index < -0.39 is 0 Å². The van der Waals surface area contributed by atoms with E-state index in [1.807, 2.05) is 24.3 Å². The van der Waals surface area contributed by atoms with Crippen molar-refractivity contribution in [1.82, 2.24) is 15.0 Å². The van der Waals surface area contributed by atoms with Crippen molar-refractivity contribution < 1.29 is 4.42 Å². The molecule has 0 aliphatic rings. The second-order valence-corrected chi connectivity index (χ2v) is 12.8. The number of nitrogens with zero attached hydrogens (tertiary/aromatic N) is 3. The Morgan fingerprint density at radius 2 is 0.922 bits per heavy atom. The lowest BCUT2D eigenvalue weighted by atomic mass is 9.97. The third-order valence-corrected chi connectivity index (χ3v) is 9.74. The van der Waals surface area contributed by atoms with E-state index in [0.717, 1.165) is 60.7 Å². The Labute approximate surface area is 294 Å². The van der Waals surface area contributed by atoms with E-state index in [0.29, 0.717) is 17.5 Å². The van der Waals surface area contributed by atoms with Gasteiger partial charge in [0.25, 0.3) is 0 Å². The van der Waals surface area contributed by atoms with E-state index in [1.54, 1.807) is 0 Å². The second kappa shape index (κ2) is 11.9. The Balaban J connectivity index is 1.18. The number of benzene rings is 8. The molecule has 0 fully saturated rings. The fourth-order valence-corrected chi connectivity index (χ4v) is 7.22. The Morgan fingerprint density at radius 3 is 1.76 bits per heavy atom. The van der Waals surface area contributed by atoms with Crippen LogP contribution in [0.1, 0.15) is 0 Å². The Bertz CT molecular complexity index is 2900. The summed E-state index contributed by atoms with van der Waals surface area (Å²) in [7, 11) is 0. The maximum absolute atomic E-state index is 6.59. The molecule has 0 aliphatic heterocycles. The molecule has 0 atom stereocenters. The molecule has 4 heteroatoms. The van der Waals surface area contributed by atoms with Gasteiger partial charge in [0.15, 0.2) is 17.5 Å². The monoisotopic (exact) mass is 651 g/mol. The molecule has 0 bridgehead atoms. The summed E-state index contributed by atoms with van der Waals surface area (Å²) < 4.78 is 6.59. The number of furan rings is 1. The quantitative estimate of drug-likeness (QED) is 0.186. The average Bonchev–Trinajstić information content (AvgIpc) is 3.60. The summed E-state index contributed by atoms with van der Waals surface area (Å²) in [6.45, 7) is 0. The molecule has 238 valence electrons. The predicted octanol–water partition coefficient (Wildman–Crippen LogP) is 12.4. The van der Waals surface area contributed by atoms with Gasteiger partial charge in [0.1, 0.15) is 11.2 Å². The molecular formula is C47H29N3O. The largest absolute Gasteiger partial charge is 0.455 e. The van der Waals surface area contributed by atoms with Crippen LogP contribution in [0, 0.1) is 0 Å². The summed E-state index contributed by atoms with van der Waals surface area (Å²) >= 11 is 0. The number of aromatic nitrogens is 3. The Morgan fingerprint density at radius 1 is 0.333 bits per heavy atom. The molecule has 0 radical (unpaired) electrons. The molecule has 8 aromatic carbocycles. The summed E-state index contributed by atoms with van der Waals surface area (Å²) in [4.78, 5) is 15.5. The first kappa shape index (κ1) is 29.0. The third kappa shape index (κ3) is 5.04. The van der Waals surface area contributed by atoms with Gasteiger partial charge in [-0.1, -0.05) is 152 Å². The van der Waals surface area contributed by atoms with Crippen molar-refractivity contribution in [3.8, 4) is 56.4 Å². The summed E-state index contributed by atoms with van der Waals surface area (Å²) in [6, 6.07) is 61.0. The van der Waals surface area contributed by atoms with Crippen LogP contribution < -0.4 is 0 Å². The van der Waals surface area contributed by atoms with Crippen molar-refractivity contribution in [3.05, 3.63) is 176 Å². The van der Waals surface area contributed by atoms with Crippen molar-refractivity contribution in [2.75, 3.05) is 0 Å². The van der Waals surface area contributed by atoms with Crippen LogP contribution in [0.15, 0.2) is 180 Å². The molecule has 0 aliphatic carbocycles. The minimum absolute atomic E-state index is 0.595. The van der Waals surface area contributed by atoms with Crippen molar-refractivity contribution >= 4 is 43.5 Å². The summed E-state index contributed by atoms with van der Waals surface area (Å²) in [5.41, 5.74) is 8.83. The van der Waals surface area contributed by atoms with Crippen molar-refractivity contribution in [2.24, 2.45) is 0 Å². The molecule has 51 heavy (non-hydrogen) atoms. The van der Waals surface area contributed by atoms with Gasteiger partial charge in [0, 0.05) is 33.0 Å². The van der Waals surface area contributed by atoms with E-state index in [1.165, 1.54) is 21.7 Å². The van der Waals surface area contributed by atoms with Crippen LogP contribution in [0.2, 0.25) is 0 Å². The molecule has 10 aromatic rings. The van der Waals surface area contributed by atoms with Gasteiger partial charge in [-0.15, -0.1) is 0 Å². The molecule has 0 saturated carbocycles. The van der Waals surface area contributed by atoms with Crippen LogP contribution in [0.25, 0.3) is 99.9 Å². The van der Waals surface area contributed by atoms with Crippen LogP contribution in [0.3, 0.4) is 0 Å². The number of para-hydroxylation sites is 1. The van der Waals surface area contributed by atoms with E-state index in [4.69, 9.17) is 19.4 Å². The lowest BCUT2D eigenvalue weighted by Gasteiger charge is -2.12. The first-order valence-electron chi connectivity index (χ1n) is 17.1.